The molecule has 2 rings (SSSR count). The van der Waals surface area contributed by atoms with Crippen LogP contribution in [-0.4, -0.2) is 61.2 Å². The first-order chi connectivity index (χ1) is 14.2. The van der Waals surface area contributed by atoms with Gasteiger partial charge in [-0.3, -0.25) is 19.2 Å². The topological polar surface area (TPSA) is 124 Å². The van der Waals surface area contributed by atoms with Gasteiger partial charge >= 0.3 is 23.9 Å². The van der Waals surface area contributed by atoms with E-state index in [1.165, 1.54) is 6.92 Å². The highest BCUT2D eigenvalue weighted by molar-refractivity contribution is 5.68. The van der Waals surface area contributed by atoms with E-state index in [0.29, 0.717) is 5.75 Å². The number of esters is 4. The van der Waals surface area contributed by atoms with Crippen molar-refractivity contribution in [1.29, 1.82) is 0 Å². The molecular formula is C20H24O10. The predicted molar refractivity (Wildman–Crippen MR) is 99.0 cm³/mol. The lowest BCUT2D eigenvalue weighted by Crippen LogP contribution is -2.63. The van der Waals surface area contributed by atoms with Gasteiger partial charge in [0.2, 0.25) is 12.4 Å². The second kappa shape index (κ2) is 10.6. The number of carbonyl (C=O) groups excluding carboxylic acids is 4. The lowest BCUT2D eigenvalue weighted by molar-refractivity contribution is -0.288. The highest BCUT2D eigenvalue weighted by Crippen LogP contribution is 2.30. The minimum Gasteiger partial charge on any atom is -0.463 e. The molecular weight excluding hydrogens is 400 g/mol. The highest BCUT2D eigenvalue weighted by atomic mass is 16.7. The Hall–Kier alpha value is -3.14. The fourth-order valence-electron chi connectivity index (χ4n) is 2.92. The molecule has 1 aromatic carbocycles. The van der Waals surface area contributed by atoms with Crippen LogP contribution in [0.15, 0.2) is 30.3 Å². The van der Waals surface area contributed by atoms with Crippen LogP contribution >= 0.6 is 0 Å². The van der Waals surface area contributed by atoms with E-state index >= 15 is 0 Å². The first kappa shape index (κ1) is 23.1. The number of para-hydroxylation sites is 1. The summed E-state index contributed by atoms with van der Waals surface area (Å²) in [5.74, 6) is -2.30. The molecule has 1 aromatic rings. The Morgan fingerprint density at radius 2 is 1.30 bits per heavy atom. The molecule has 5 atom stereocenters. The van der Waals surface area contributed by atoms with Crippen LogP contribution < -0.4 is 4.74 Å². The highest BCUT2D eigenvalue weighted by Gasteiger charge is 2.53. The zero-order valence-electron chi connectivity index (χ0n) is 17.1. The van der Waals surface area contributed by atoms with E-state index in [2.05, 4.69) is 0 Å². The summed E-state index contributed by atoms with van der Waals surface area (Å²) in [6.45, 7) is 4.36. The van der Waals surface area contributed by atoms with E-state index < -0.39 is 54.6 Å². The van der Waals surface area contributed by atoms with Gasteiger partial charge in [0.1, 0.15) is 18.5 Å². The summed E-state index contributed by atoms with van der Waals surface area (Å²) in [5, 5.41) is 0. The molecule has 1 aliphatic heterocycles. The van der Waals surface area contributed by atoms with Crippen molar-refractivity contribution in [3.8, 4) is 5.75 Å². The number of rotatable bonds is 7. The molecule has 1 fully saturated rings. The Labute approximate surface area is 173 Å². The molecule has 10 heteroatoms. The smallest absolute Gasteiger partial charge is 0.303 e. The predicted octanol–water partition coefficient (Wildman–Crippen LogP) is 1.15. The van der Waals surface area contributed by atoms with Crippen molar-refractivity contribution in [2.24, 2.45) is 0 Å². The zero-order valence-corrected chi connectivity index (χ0v) is 17.1. The van der Waals surface area contributed by atoms with Crippen molar-refractivity contribution in [2.45, 2.75) is 58.4 Å². The Balaban J connectivity index is 2.42. The fourth-order valence-corrected chi connectivity index (χ4v) is 2.92. The molecule has 1 aliphatic rings. The van der Waals surface area contributed by atoms with Crippen LogP contribution in [-0.2, 0) is 42.9 Å². The summed E-state index contributed by atoms with van der Waals surface area (Å²) in [6, 6.07) is 8.52. The maximum Gasteiger partial charge on any atom is 0.303 e. The quantitative estimate of drug-likeness (QED) is 0.465. The third-order valence-electron chi connectivity index (χ3n) is 3.94. The van der Waals surface area contributed by atoms with Crippen LogP contribution in [0.4, 0.5) is 0 Å². The molecule has 0 aliphatic carbocycles. The minimum atomic E-state index is -1.27. The summed E-state index contributed by atoms with van der Waals surface area (Å²) in [6.07, 6.45) is -6.04. The van der Waals surface area contributed by atoms with Crippen LogP contribution in [0.1, 0.15) is 27.7 Å². The second-order valence-corrected chi connectivity index (χ2v) is 6.50. The van der Waals surface area contributed by atoms with Crippen molar-refractivity contribution in [3.05, 3.63) is 30.3 Å². The van der Waals surface area contributed by atoms with E-state index in [4.69, 9.17) is 28.4 Å². The van der Waals surface area contributed by atoms with Crippen LogP contribution in [0.25, 0.3) is 0 Å². The summed E-state index contributed by atoms with van der Waals surface area (Å²) < 4.78 is 32.6. The summed E-state index contributed by atoms with van der Waals surface area (Å²) in [5.41, 5.74) is 0. The number of hydrogen-bond donors (Lipinski definition) is 0. The molecule has 0 unspecified atom stereocenters. The molecule has 1 heterocycles. The van der Waals surface area contributed by atoms with Crippen molar-refractivity contribution < 1.29 is 47.6 Å². The van der Waals surface area contributed by atoms with Gasteiger partial charge in [-0.25, -0.2) is 0 Å². The van der Waals surface area contributed by atoms with Gasteiger partial charge in [0.25, 0.3) is 0 Å². The Kier molecular flexibility index (Phi) is 8.16. The lowest BCUT2D eigenvalue weighted by atomic mass is 9.98. The van der Waals surface area contributed by atoms with Gasteiger partial charge in [-0.2, -0.15) is 0 Å². The van der Waals surface area contributed by atoms with Crippen LogP contribution in [0, 0.1) is 0 Å². The lowest BCUT2D eigenvalue weighted by Gasteiger charge is -2.43. The van der Waals surface area contributed by atoms with E-state index in [1.807, 2.05) is 0 Å². The zero-order chi connectivity index (χ0) is 22.3. The molecule has 10 nitrogen and oxygen atoms in total. The molecule has 0 bridgehead atoms. The van der Waals surface area contributed by atoms with Crippen molar-refractivity contribution >= 4 is 23.9 Å². The van der Waals surface area contributed by atoms with E-state index in [9.17, 15) is 19.2 Å². The monoisotopic (exact) mass is 424 g/mol. The average molecular weight is 424 g/mol. The summed E-state index contributed by atoms with van der Waals surface area (Å²) >= 11 is 0. The molecule has 0 spiro atoms. The molecule has 0 radical (unpaired) electrons. The van der Waals surface area contributed by atoms with E-state index in [-0.39, 0.29) is 6.61 Å². The molecule has 0 saturated carbocycles. The third kappa shape index (κ3) is 6.73. The molecule has 30 heavy (non-hydrogen) atoms. The van der Waals surface area contributed by atoms with Gasteiger partial charge < -0.3 is 28.4 Å². The average Bonchev–Trinajstić information content (AvgIpc) is 2.64. The summed E-state index contributed by atoms with van der Waals surface area (Å²) in [7, 11) is 0. The molecule has 1 saturated heterocycles. The Morgan fingerprint density at radius 1 is 0.767 bits per heavy atom. The van der Waals surface area contributed by atoms with Crippen LogP contribution in [0.2, 0.25) is 0 Å². The summed E-state index contributed by atoms with van der Waals surface area (Å²) in [4.78, 5) is 46.4. The van der Waals surface area contributed by atoms with Crippen molar-refractivity contribution in [3.63, 3.8) is 0 Å². The Bertz CT molecular complexity index is 762. The standard InChI is InChI=1S/C20H24O10/c1-11(21)25-10-16-17(26-12(2)22)18(27-13(3)23)19(28-14(4)24)20(30-16)29-15-8-6-5-7-9-15/h5-9,16-20H,10H2,1-4H3/t16-,17-,18-,19+,20-/m0/s1. The molecule has 0 aromatic heterocycles. The van der Waals surface area contributed by atoms with Gasteiger partial charge in [0.05, 0.1) is 0 Å². The second-order valence-electron chi connectivity index (χ2n) is 6.50. The maximum atomic E-state index is 11.7. The molecule has 0 N–H and O–H groups in total. The van der Waals surface area contributed by atoms with E-state index in [0.717, 1.165) is 20.8 Å². The van der Waals surface area contributed by atoms with E-state index in [1.54, 1.807) is 30.3 Å². The van der Waals surface area contributed by atoms with Crippen molar-refractivity contribution in [1.82, 2.24) is 0 Å². The van der Waals surface area contributed by atoms with Gasteiger partial charge in [-0.1, -0.05) is 18.2 Å². The minimum absolute atomic E-state index is 0.313. The number of hydrogen-bond acceptors (Lipinski definition) is 10. The van der Waals surface area contributed by atoms with Crippen LogP contribution in [0.5, 0.6) is 5.75 Å². The molecule has 164 valence electrons. The normalized spacial score (nSPS) is 25.5. The molecule has 0 amide bonds. The first-order valence-corrected chi connectivity index (χ1v) is 9.19. The van der Waals surface area contributed by atoms with Gasteiger partial charge in [0, 0.05) is 27.7 Å². The Morgan fingerprint density at radius 3 is 1.83 bits per heavy atom. The SMILES string of the molecule is CC(=O)OC[C@@H]1O[C@H](Oc2ccccc2)[C@H](OC(C)=O)[C@@H](OC(C)=O)[C@H]1OC(C)=O. The van der Waals surface area contributed by atoms with Gasteiger partial charge in [0.15, 0.2) is 12.2 Å². The number of ether oxygens (including phenoxy) is 6. The number of carbonyl (C=O) groups is 4. The first-order valence-electron chi connectivity index (χ1n) is 9.19. The fraction of sp³-hybridized carbons (Fsp3) is 0.500. The van der Waals surface area contributed by atoms with Gasteiger partial charge in [-0.15, -0.1) is 0 Å². The largest absolute Gasteiger partial charge is 0.463 e. The maximum absolute atomic E-state index is 11.7. The van der Waals surface area contributed by atoms with Crippen LogP contribution in [0.3, 0.4) is 0 Å². The van der Waals surface area contributed by atoms with Gasteiger partial charge in [-0.05, 0) is 12.1 Å². The van der Waals surface area contributed by atoms with Crippen molar-refractivity contribution in [2.75, 3.05) is 6.61 Å². The number of benzene rings is 1. The third-order valence-corrected chi connectivity index (χ3v) is 3.94.